The summed E-state index contributed by atoms with van der Waals surface area (Å²) in [4.78, 5) is 12.0. The van der Waals surface area contributed by atoms with E-state index in [1.54, 1.807) is 36.4 Å². The summed E-state index contributed by atoms with van der Waals surface area (Å²) in [6.07, 6.45) is 1.33. The zero-order valence-electron chi connectivity index (χ0n) is 12.5. The monoisotopic (exact) mass is 378 g/mol. The molecule has 1 amide bonds. The Morgan fingerprint density at radius 2 is 1.96 bits per heavy atom. The van der Waals surface area contributed by atoms with E-state index in [-0.39, 0.29) is 11.7 Å². The maximum Gasteiger partial charge on any atom is 0.271 e. The number of hydrogen-bond acceptors (Lipinski definition) is 5. The Morgan fingerprint density at radius 1 is 1.22 bits per heavy atom. The van der Waals surface area contributed by atoms with Crippen LogP contribution in [-0.4, -0.2) is 31.4 Å². The van der Waals surface area contributed by atoms with Crippen LogP contribution in [0.2, 0.25) is 0 Å². The van der Waals surface area contributed by atoms with Crippen LogP contribution in [0.25, 0.3) is 0 Å². The van der Waals surface area contributed by atoms with Crippen LogP contribution < -0.4 is 14.9 Å². The van der Waals surface area contributed by atoms with Gasteiger partial charge in [0.15, 0.2) is 0 Å². The lowest BCUT2D eigenvalue weighted by molar-refractivity contribution is 0.0954. The number of nitrogens with one attached hydrogen (secondary N) is 1. The number of aromatic hydroxyl groups is 1. The van der Waals surface area contributed by atoms with E-state index in [4.69, 9.17) is 9.47 Å². The molecule has 0 aliphatic heterocycles. The van der Waals surface area contributed by atoms with Crippen LogP contribution in [0.3, 0.4) is 0 Å². The highest BCUT2D eigenvalue weighted by Gasteiger charge is 2.08. The van der Waals surface area contributed by atoms with Crippen LogP contribution in [0, 0.1) is 0 Å². The number of amides is 1. The van der Waals surface area contributed by atoms with E-state index in [9.17, 15) is 9.90 Å². The quantitative estimate of drug-likeness (QED) is 0.619. The normalized spacial score (nSPS) is 10.6. The maximum atomic E-state index is 12.0. The molecule has 23 heavy (non-hydrogen) atoms. The molecule has 7 heteroatoms. The van der Waals surface area contributed by atoms with Crippen molar-refractivity contribution in [1.82, 2.24) is 5.43 Å². The Morgan fingerprint density at radius 3 is 2.65 bits per heavy atom. The molecule has 0 saturated heterocycles. The molecule has 0 heterocycles. The summed E-state index contributed by atoms with van der Waals surface area (Å²) in [7, 11) is 3.04. The van der Waals surface area contributed by atoms with E-state index in [2.05, 4.69) is 26.5 Å². The molecule has 2 aromatic carbocycles. The van der Waals surface area contributed by atoms with Gasteiger partial charge in [-0.25, -0.2) is 5.43 Å². The van der Waals surface area contributed by atoms with Gasteiger partial charge in [0.2, 0.25) is 0 Å². The number of hydrazone groups is 1. The van der Waals surface area contributed by atoms with Crippen molar-refractivity contribution in [2.75, 3.05) is 14.2 Å². The molecule has 0 aliphatic rings. The Hall–Kier alpha value is -2.54. The van der Waals surface area contributed by atoms with Crippen LogP contribution in [0.15, 0.2) is 46.0 Å². The van der Waals surface area contributed by atoms with Gasteiger partial charge in [-0.2, -0.15) is 5.10 Å². The first kappa shape index (κ1) is 16.8. The van der Waals surface area contributed by atoms with Gasteiger partial charge in [0, 0.05) is 11.1 Å². The van der Waals surface area contributed by atoms with Crippen molar-refractivity contribution in [3.8, 4) is 17.2 Å². The van der Waals surface area contributed by atoms with Gasteiger partial charge in [0.05, 0.1) is 24.9 Å². The smallest absolute Gasteiger partial charge is 0.271 e. The molecule has 0 saturated carbocycles. The summed E-state index contributed by atoms with van der Waals surface area (Å²) in [5.74, 6) is 0.748. The van der Waals surface area contributed by atoms with Crippen LogP contribution in [-0.2, 0) is 0 Å². The van der Waals surface area contributed by atoms with Crippen molar-refractivity contribution in [3.63, 3.8) is 0 Å². The first-order valence-electron chi connectivity index (χ1n) is 6.59. The molecule has 6 nitrogen and oxygen atoms in total. The van der Waals surface area contributed by atoms with Crippen LogP contribution in [0.4, 0.5) is 0 Å². The fraction of sp³-hybridized carbons (Fsp3) is 0.125. The van der Waals surface area contributed by atoms with Crippen molar-refractivity contribution in [2.45, 2.75) is 0 Å². The van der Waals surface area contributed by atoms with Crippen LogP contribution >= 0.6 is 15.9 Å². The SMILES string of the molecule is COc1cccc(C(=O)N/N=C\c2cc(OC)cc(Br)c2O)c1. The standard InChI is InChI=1S/C16H15BrN2O4/c1-22-12-5-3-4-10(6-12)16(21)19-18-9-11-7-13(23-2)8-14(17)15(11)20/h3-9,20H,1-2H3,(H,19,21)/b18-9-. The minimum atomic E-state index is -0.387. The molecule has 120 valence electrons. The Kier molecular flexibility index (Phi) is 5.59. The van der Waals surface area contributed by atoms with E-state index in [1.807, 2.05) is 0 Å². The van der Waals surface area contributed by atoms with E-state index < -0.39 is 0 Å². The third kappa shape index (κ3) is 4.23. The fourth-order valence-corrected chi connectivity index (χ4v) is 2.25. The number of phenols is 1. The second-order valence-electron chi connectivity index (χ2n) is 4.48. The van der Waals surface area contributed by atoms with Crippen molar-refractivity contribution in [1.29, 1.82) is 0 Å². The zero-order valence-corrected chi connectivity index (χ0v) is 14.1. The number of methoxy groups -OCH3 is 2. The number of phenolic OH excluding ortho intramolecular Hbond substituents is 1. The molecule has 0 atom stereocenters. The van der Waals surface area contributed by atoms with Gasteiger partial charge in [-0.15, -0.1) is 0 Å². The van der Waals surface area contributed by atoms with Gasteiger partial charge < -0.3 is 14.6 Å². The summed E-state index contributed by atoms with van der Waals surface area (Å²) in [6.45, 7) is 0. The summed E-state index contributed by atoms with van der Waals surface area (Å²) in [6, 6.07) is 9.93. The van der Waals surface area contributed by atoms with E-state index >= 15 is 0 Å². The van der Waals surface area contributed by atoms with Crippen molar-refractivity contribution >= 4 is 28.1 Å². The number of halogens is 1. The van der Waals surface area contributed by atoms with Gasteiger partial charge in [0.25, 0.3) is 5.91 Å². The third-order valence-electron chi connectivity index (χ3n) is 3.00. The summed E-state index contributed by atoms with van der Waals surface area (Å²) >= 11 is 3.22. The fourth-order valence-electron chi connectivity index (χ4n) is 1.80. The van der Waals surface area contributed by atoms with Crippen LogP contribution in [0.5, 0.6) is 17.2 Å². The first-order valence-corrected chi connectivity index (χ1v) is 7.38. The summed E-state index contributed by atoms with van der Waals surface area (Å²) in [5, 5.41) is 13.8. The largest absolute Gasteiger partial charge is 0.506 e. The Labute approximate surface area is 141 Å². The van der Waals surface area contributed by atoms with Gasteiger partial charge in [0.1, 0.15) is 17.2 Å². The summed E-state index contributed by atoms with van der Waals surface area (Å²) in [5.41, 5.74) is 3.21. The molecule has 2 rings (SSSR count). The second kappa shape index (κ2) is 7.64. The zero-order chi connectivity index (χ0) is 16.8. The molecular weight excluding hydrogens is 364 g/mol. The average molecular weight is 379 g/mol. The number of carbonyl (C=O) groups is 1. The van der Waals surface area contributed by atoms with Gasteiger partial charge in [-0.3, -0.25) is 4.79 Å². The molecule has 0 radical (unpaired) electrons. The van der Waals surface area contributed by atoms with Gasteiger partial charge in [-0.05, 0) is 46.3 Å². The average Bonchev–Trinajstić information content (AvgIpc) is 2.58. The number of benzene rings is 2. The highest BCUT2D eigenvalue weighted by molar-refractivity contribution is 9.10. The van der Waals surface area contributed by atoms with Crippen molar-refractivity contribution in [3.05, 3.63) is 52.0 Å². The first-order chi connectivity index (χ1) is 11.0. The van der Waals surface area contributed by atoms with Crippen molar-refractivity contribution in [2.24, 2.45) is 5.10 Å². The highest BCUT2D eigenvalue weighted by Crippen LogP contribution is 2.31. The Bertz CT molecular complexity index is 747. The summed E-state index contributed by atoms with van der Waals surface area (Å²) < 4.78 is 10.6. The van der Waals surface area contributed by atoms with Crippen LogP contribution in [0.1, 0.15) is 15.9 Å². The highest BCUT2D eigenvalue weighted by atomic mass is 79.9. The molecule has 0 fully saturated rings. The molecule has 0 aliphatic carbocycles. The lowest BCUT2D eigenvalue weighted by atomic mass is 10.2. The molecule has 0 spiro atoms. The number of nitrogens with zero attached hydrogens (tertiary/aromatic N) is 1. The van der Waals surface area contributed by atoms with E-state index in [0.29, 0.717) is 27.1 Å². The third-order valence-corrected chi connectivity index (χ3v) is 3.61. The second-order valence-corrected chi connectivity index (χ2v) is 5.33. The molecule has 0 aromatic heterocycles. The van der Waals surface area contributed by atoms with Crippen molar-refractivity contribution < 1.29 is 19.4 Å². The lowest BCUT2D eigenvalue weighted by Crippen LogP contribution is -2.17. The molecular formula is C16H15BrN2O4. The molecule has 2 N–H and O–H groups in total. The van der Waals surface area contributed by atoms with Gasteiger partial charge >= 0.3 is 0 Å². The maximum absolute atomic E-state index is 12.0. The van der Waals surface area contributed by atoms with E-state index in [0.717, 1.165) is 0 Å². The predicted octanol–water partition coefficient (Wildman–Crippen LogP) is 2.94. The minimum Gasteiger partial charge on any atom is -0.506 e. The van der Waals surface area contributed by atoms with Gasteiger partial charge in [-0.1, -0.05) is 6.07 Å². The molecule has 0 unspecified atom stereocenters. The number of hydrogen-bond donors (Lipinski definition) is 2. The predicted molar refractivity (Wildman–Crippen MR) is 90.4 cm³/mol. The number of rotatable bonds is 5. The number of ether oxygens (including phenoxy) is 2. The Balaban J connectivity index is 2.12. The number of carbonyl (C=O) groups excluding carboxylic acids is 1. The topological polar surface area (TPSA) is 80.2 Å². The van der Waals surface area contributed by atoms with E-state index in [1.165, 1.54) is 20.4 Å². The minimum absolute atomic E-state index is 0.00480. The molecule has 0 bridgehead atoms. The molecule has 2 aromatic rings. The lowest BCUT2D eigenvalue weighted by Gasteiger charge is -2.06.